The number of likely N-dealkylation sites (tertiary alicyclic amines) is 1. The highest BCUT2D eigenvalue weighted by atomic mass is 16.5. The largest absolute Gasteiger partial charge is 0.497 e. The number of nitrogens with two attached hydrogens (primary N) is 1. The van der Waals surface area contributed by atoms with E-state index in [1.807, 2.05) is 29.2 Å². The van der Waals surface area contributed by atoms with Crippen molar-refractivity contribution < 1.29 is 9.53 Å². The van der Waals surface area contributed by atoms with Crippen LogP contribution < -0.4 is 10.5 Å². The molecule has 0 radical (unpaired) electrons. The van der Waals surface area contributed by atoms with Crippen LogP contribution in [0.15, 0.2) is 24.3 Å². The normalized spacial score (nSPS) is 19.4. The Hall–Kier alpha value is -1.55. The number of carbonyl (C=O) groups is 1. The van der Waals surface area contributed by atoms with E-state index < -0.39 is 0 Å². The number of amides is 1. The minimum atomic E-state index is 0.148. The summed E-state index contributed by atoms with van der Waals surface area (Å²) in [5, 5.41) is 0. The van der Waals surface area contributed by atoms with Gasteiger partial charge >= 0.3 is 0 Å². The van der Waals surface area contributed by atoms with E-state index in [9.17, 15) is 4.79 Å². The average molecular weight is 234 g/mol. The summed E-state index contributed by atoms with van der Waals surface area (Å²) in [5.74, 6) is 0.965. The Morgan fingerprint density at radius 1 is 1.47 bits per heavy atom. The van der Waals surface area contributed by atoms with Crippen molar-refractivity contribution in [1.82, 2.24) is 4.90 Å². The summed E-state index contributed by atoms with van der Waals surface area (Å²) in [6, 6.07) is 7.74. The van der Waals surface area contributed by atoms with Crippen LogP contribution >= 0.6 is 0 Å². The maximum atomic E-state index is 12.0. The Bertz CT molecular complexity index is 389. The molecule has 1 aliphatic rings. The maximum absolute atomic E-state index is 12.0. The molecule has 0 spiro atoms. The molecule has 0 unspecified atom stereocenters. The Morgan fingerprint density at radius 3 is 2.71 bits per heavy atom. The standard InChI is InChI=1S/C13H18N2O2/c1-17-12-4-2-10(3-5-12)8-13(16)15-7-6-11(14)9-15/h2-5,11H,6-9,14H2,1H3/t11-/m1/s1. The zero-order chi connectivity index (χ0) is 12.3. The molecule has 4 nitrogen and oxygen atoms in total. The van der Waals surface area contributed by atoms with Gasteiger partial charge < -0.3 is 15.4 Å². The Kier molecular flexibility index (Phi) is 3.64. The van der Waals surface area contributed by atoms with E-state index in [0.717, 1.165) is 24.3 Å². The molecule has 92 valence electrons. The first kappa shape index (κ1) is 11.9. The SMILES string of the molecule is COc1ccc(CC(=O)N2CC[C@@H](N)C2)cc1. The van der Waals surface area contributed by atoms with Crippen molar-refractivity contribution in [2.45, 2.75) is 18.9 Å². The van der Waals surface area contributed by atoms with E-state index in [2.05, 4.69) is 0 Å². The summed E-state index contributed by atoms with van der Waals surface area (Å²) in [4.78, 5) is 13.8. The monoisotopic (exact) mass is 234 g/mol. The van der Waals surface area contributed by atoms with Crippen LogP contribution in [-0.4, -0.2) is 37.0 Å². The van der Waals surface area contributed by atoms with E-state index in [1.165, 1.54) is 0 Å². The third kappa shape index (κ3) is 2.97. The highest BCUT2D eigenvalue weighted by Gasteiger charge is 2.23. The Labute approximate surface area is 101 Å². The van der Waals surface area contributed by atoms with Crippen molar-refractivity contribution >= 4 is 5.91 Å². The first-order chi connectivity index (χ1) is 8.19. The fourth-order valence-electron chi connectivity index (χ4n) is 2.04. The molecule has 1 aromatic carbocycles. The van der Waals surface area contributed by atoms with Crippen LogP contribution in [-0.2, 0) is 11.2 Å². The number of hydrogen-bond acceptors (Lipinski definition) is 3. The summed E-state index contributed by atoms with van der Waals surface area (Å²) in [6.45, 7) is 1.48. The smallest absolute Gasteiger partial charge is 0.227 e. The first-order valence-corrected chi connectivity index (χ1v) is 5.85. The number of ether oxygens (including phenoxy) is 1. The summed E-state index contributed by atoms with van der Waals surface area (Å²) in [5.41, 5.74) is 6.79. The zero-order valence-electron chi connectivity index (χ0n) is 10.1. The molecule has 1 atom stereocenters. The van der Waals surface area contributed by atoms with Crippen LogP contribution in [0.1, 0.15) is 12.0 Å². The molecule has 17 heavy (non-hydrogen) atoms. The van der Waals surface area contributed by atoms with Crippen LogP contribution in [0.25, 0.3) is 0 Å². The van der Waals surface area contributed by atoms with Crippen molar-refractivity contribution in [1.29, 1.82) is 0 Å². The molecule has 4 heteroatoms. The molecule has 0 saturated carbocycles. The van der Waals surface area contributed by atoms with Crippen molar-refractivity contribution in [2.75, 3.05) is 20.2 Å². The maximum Gasteiger partial charge on any atom is 0.227 e. The van der Waals surface area contributed by atoms with Gasteiger partial charge in [-0.3, -0.25) is 4.79 Å². The van der Waals surface area contributed by atoms with Gasteiger partial charge in [-0.2, -0.15) is 0 Å². The van der Waals surface area contributed by atoms with Gasteiger partial charge in [0.05, 0.1) is 13.5 Å². The minimum Gasteiger partial charge on any atom is -0.497 e. The average Bonchev–Trinajstić information content (AvgIpc) is 2.77. The predicted molar refractivity (Wildman–Crippen MR) is 65.9 cm³/mol. The summed E-state index contributed by atoms with van der Waals surface area (Å²) < 4.78 is 5.08. The second-order valence-corrected chi connectivity index (χ2v) is 4.41. The number of hydrogen-bond donors (Lipinski definition) is 1. The van der Waals surface area contributed by atoms with Crippen LogP contribution in [0, 0.1) is 0 Å². The van der Waals surface area contributed by atoms with Crippen LogP contribution in [0.3, 0.4) is 0 Å². The molecule has 1 aromatic rings. The fourth-order valence-corrected chi connectivity index (χ4v) is 2.04. The van der Waals surface area contributed by atoms with Crippen molar-refractivity contribution in [3.05, 3.63) is 29.8 Å². The molecule has 1 saturated heterocycles. The lowest BCUT2D eigenvalue weighted by Crippen LogP contribution is -2.32. The number of benzene rings is 1. The van der Waals surface area contributed by atoms with Gasteiger partial charge in [-0.1, -0.05) is 12.1 Å². The minimum absolute atomic E-state index is 0.148. The fraction of sp³-hybridized carbons (Fsp3) is 0.462. The Balaban J connectivity index is 1.93. The first-order valence-electron chi connectivity index (χ1n) is 5.85. The number of nitrogens with zero attached hydrogens (tertiary/aromatic N) is 1. The van der Waals surface area contributed by atoms with Gasteiger partial charge in [-0.05, 0) is 24.1 Å². The molecule has 1 fully saturated rings. The van der Waals surface area contributed by atoms with Gasteiger partial charge in [0.1, 0.15) is 5.75 Å². The van der Waals surface area contributed by atoms with Crippen LogP contribution in [0.5, 0.6) is 5.75 Å². The lowest BCUT2D eigenvalue weighted by molar-refractivity contribution is -0.129. The number of carbonyl (C=O) groups excluding carboxylic acids is 1. The van der Waals surface area contributed by atoms with E-state index in [1.54, 1.807) is 7.11 Å². The molecule has 2 rings (SSSR count). The van der Waals surface area contributed by atoms with E-state index in [-0.39, 0.29) is 11.9 Å². The molecule has 1 aliphatic heterocycles. The Morgan fingerprint density at radius 2 is 2.18 bits per heavy atom. The lowest BCUT2D eigenvalue weighted by atomic mass is 10.1. The predicted octanol–water partition coefficient (Wildman–Crippen LogP) is 0.797. The lowest BCUT2D eigenvalue weighted by Gasteiger charge is -2.15. The topological polar surface area (TPSA) is 55.6 Å². The number of rotatable bonds is 3. The van der Waals surface area contributed by atoms with Crippen LogP contribution in [0.4, 0.5) is 0 Å². The molecule has 0 aromatic heterocycles. The third-order valence-electron chi connectivity index (χ3n) is 3.09. The highest BCUT2D eigenvalue weighted by molar-refractivity contribution is 5.79. The summed E-state index contributed by atoms with van der Waals surface area (Å²) in [6.07, 6.45) is 1.35. The van der Waals surface area contributed by atoms with Gasteiger partial charge in [0.2, 0.25) is 5.91 Å². The highest BCUT2D eigenvalue weighted by Crippen LogP contribution is 2.14. The van der Waals surface area contributed by atoms with E-state index in [4.69, 9.17) is 10.5 Å². The molecular formula is C13H18N2O2. The molecule has 2 N–H and O–H groups in total. The summed E-state index contributed by atoms with van der Waals surface area (Å²) >= 11 is 0. The third-order valence-corrected chi connectivity index (χ3v) is 3.09. The van der Waals surface area contributed by atoms with Gasteiger partial charge in [-0.15, -0.1) is 0 Å². The van der Waals surface area contributed by atoms with E-state index >= 15 is 0 Å². The van der Waals surface area contributed by atoms with Crippen LogP contribution in [0.2, 0.25) is 0 Å². The van der Waals surface area contributed by atoms with E-state index in [0.29, 0.717) is 13.0 Å². The quantitative estimate of drug-likeness (QED) is 0.841. The molecular weight excluding hydrogens is 216 g/mol. The van der Waals surface area contributed by atoms with Gasteiger partial charge in [-0.25, -0.2) is 0 Å². The molecule has 1 amide bonds. The van der Waals surface area contributed by atoms with Gasteiger partial charge in [0, 0.05) is 19.1 Å². The zero-order valence-corrected chi connectivity index (χ0v) is 10.1. The molecule has 0 aliphatic carbocycles. The molecule has 0 bridgehead atoms. The second kappa shape index (κ2) is 5.19. The number of methoxy groups -OCH3 is 1. The van der Waals surface area contributed by atoms with Crippen molar-refractivity contribution in [3.63, 3.8) is 0 Å². The second-order valence-electron chi connectivity index (χ2n) is 4.41. The van der Waals surface area contributed by atoms with Crippen molar-refractivity contribution in [3.8, 4) is 5.75 Å². The van der Waals surface area contributed by atoms with Crippen molar-refractivity contribution in [2.24, 2.45) is 5.73 Å². The summed E-state index contributed by atoms with van der Waals surface area (Å²) in [7, 11) is 1.63. The molecule has 1 heterocycles. The van der Waals surface area contributed by atoms with Gasteiger partial charge in [0.25, 0.3) is 0 Å². The van der Waals surface area contributed by atoms with Gasteiger partial charge in [0.15, 0.2) is 0 Å².